The van der Waals surface area contributed by atoms with Crippen molar-refractivity contribution in [2.45, 2.75) is 51.2 Å². The van der Waals surface area contributed by atoms with E-state index in [1.54, 1.807) is 4.68 Å². The highest BCUT2D eigenvalue weighted by Crippen LogP contribution is 2.28. The van der Waals surface area contributed by atoms with Crippen molar-refractivity contribution >= 4 is 17.9 Å². The van der Waals surface area contributed by atoms with Crippen LogP contribution in [0.3, 0.4) is 0 Å². The Hall–Kier alpha value is -3.16. The number of imide groups is 1. The van der Waals surface area contributed by atoms with Gasteiger partial charge in [-0.2, -0.15) is 5.10 Å². The van der Waals surface area contributed by atoms with E-state index in [0.29, 0.717) is 0 Å². The molecule has 28 heavy (non-hydrogen) atoms. The van der Waals surface area contributed by atoms with E-state index in [9.17, 15) is 14.4 Å². The predicted octanol–water partition coefficient (Wildman–Crippen LogP) is 1.89. The van der Waals surface area contributed by atoms with E-state index in [-0.39, 0.29) is 11.7 Å². The van der Waals surface area contributed by atoms with E-state index in [1.807, 2.05) is 30.3 Å². The van der Waals surface area contributed by atoms with Crippen molar-refractivity contribution in [3.05, 3.63) is 47.3 Å². The van der Waals surface area contributed by atoms with Gasteiger partial charge in [0.25, 0.3) is 5.91 Å². The van der Waals surface area contributed by atoms with Gasteiger partial charge in [-0.3, -0.25) is 10.1 Å². The van der Waals surface area contributed by atoms with Gasteiger partial charge in [0.2, 0.25) is 0 Å². The number of benzene rings is 1. The molecule has 8 heteroatoms. The number of ether oxygens (including phenoxy) is 1. The summed E-state index contributed by atoms with van der Waals surface area (Å²) in [6.45, 7) is 1.44. The molecule has 1 fully saturated rings. The molecular formula is C20H22N4O4. The Bertz CT molecular complexity index is 918. The minimum atomic E-state index is -1.10. The second-order valence-electron chi connectivity index (χ2n) is 7.16. The predicted molar refractivity (Wildman–Crippen MR) is 100 cm³/mol. The van der Waals surface area contributed by atoms with E-state index in [2.05, 4.69) is 15.7 Å². The van der Waals surface area contributed by atoms with E-state index in [4.69, 9.17) is 4.74 Å². The molecule has 146 valence electrons. The van der Waals surface area contributed by atoms with Crippen LogP contribution in [0, 0.1) is 0 Å². The minimum Gasteiger partial charge on any atom is -0.448 e. The van der Waals surface area contributed by atoms with Crippen molar-refractivity contribution < 1.29 is 19.1 Å². The van der Waals surface area contributed by atoms with Gasteiger partial charge in [0.15, 0.2) is 11.8 Å². The summed E-state index contributed by atoms with van der Waals surface area (Å²) in [6.07, 6.45) is 3.26. The van der Waals surface area contributed by atoms with Gasteiger partial charge in [-0.05, 0) is 51.2 Å². The van der Waals surface area contributed by atoms with Crippen LogP contribution < -0.4 is 10.6 Å². The first-order valence-electron chi connectivity index (χ1n) is 9.51. The van der Waals surface area contributed by atoms with Crippen LogP contribution in [0.5, 0.6) is 0 Å². The largest absolute Gasteiger partial charge is 0.448 e. The van der Waals surface area contributed by atoms with Crippen molar-refractivity contribution in [2.75, 3.05) is 0 Å². The van der Waals surface area contributed by atoms with E-state index in [0.717, 1.165) is 49.0 Å². The lowest BCUT2D eigenvalue weighted by atomic mass is 10.2. The van der Waals surface area contributed by atoms with Crippen molar-refractivity contribution in [1.29, 1.82) is 0 Å². The van der Waals surface area contributed by atoms with Crippen molar-refractivity contribution in [3.8, 4) is 5.69 Å². The maximum atomic E-state index is 12.7. The maximum absolute atomic E-state index is 12.7. The molecule has 8 nitrogen and oxygen atoms in total. The quantitative estimate of drug-likeness (QED) is 0.769. The van der Waals surface area contributed by atoms with Crippen molar-refractivity contribution in [2.24, 2.45) is 0 Å². The third kappa shape index (κ3) is 3.76. The molecule has 1 saturated carbocycles. The molecule has 0 saturated heterocycles. The third-order valence-corrected chi connectivity index (χ3v) is 4.93. The van der Waals surface area contributed by atoms with Gasteiger partial charge in [-0.25, -0.2) is 14.3 Å². The van der Waals surface area contributed by atoms with Gasteiger partial charge in [-0.1, -0.05) is 18.2 Å². The highest BCUT2D eigenvalue weighted by molar-refractivity contribution is 5.98. The smallest absolute Gasteiger partial charge is 0.359 e. The van der Waals surface area contributed by atoms with Crippen LogP contribution in [-0.4, -0.2) is 39.8 Å². The minimum absolute atomic E-state index is 0.134. The number of urea groups is 1. The Balaban J connectivity index is 1.46. The Morgan fingerprint density at radius 1 is 1.18 bits per heavy atom. The van der Waals surface area contributed by atoms with E-state index >= 15 is 0 Å². The standard InChI is InChI=1S/C20H22N4O4/c1-12(18(25)22-20(27)21-13-10-11-13)28-19(26)17-15-8-5-9-16(15)24(23-17)14-6-3-2-4-7-14/h2-4,6-7,12-13H,5,8-11H2,1H3,(H2,21,22,25,27). The van der Waals surface area contributed by atoms with Crippen molar-refractivity contribution in [3.63, 3.8) is 0 Å². The molecule has 0 radical (unpaired) electrons. The average molecular weight is 382 g/mol. The number of aromatic nitrogens is 2. The first-order chi connectivity index (χ1) is 13.5. The number of carbonyl (C=O) groups is 3. The number of esters is 1. The Labute approximate surface area is 162 Å². The number of para-hydroxylation sites is 1. The number of amides is 3. The van der Waals surface area contributed by atoms with Crippen LogP contribution in [0.2, 0.25) is 0 Å². The van der Waals surface area contributed by atoms with Gasteiger partial charge < -0.3 is 10.1 Å². The van der Waals surface area contributed by atoms with Gasteiger partial charge in [-0.15, -0.1) is 0 Å². The summed E-state index contributed by atoms with van der Waals surface area (Å²) < 4.78 is 7.06. The van der Waals surface area contributed by atoms with Crippen LogP contribution in [0.1, 0.15) is 47.9 Å². The lowest BCUT2D eigenvalue weighted by Crippen LogP contribution is -2.45. The molecule has 2 aliphatic carbocycles. The Kier molecular flexibility index (Phi) is 4.85. The Morgan fingerprint density at radius 2 is 1.93 bits per heavy atom. The van der Waals surface area contributed by atoms with Crippen LogP contribution in [0.25, 0.3) is 5.69 Å². The second-order valence-corrected chi connectivity index (χ2v) is 7.16. The first kappa shape index (κ1) is 18.2. The average Bonchev–Trinajstić information content (AvgIpc) is 3.22. The maximum Gasteiger partial charge on any atom is 0.359 e. The molecule has 0 aliphatic heterocycles. The van der Waals surface area contributed by atoms with Gasteiger partial charge in [0, 0.05) is 17.3 Å². The molecule has 2 N–H and O–H groups in total. The summed E-state index contributed by atoms with van der Waals surface area (Å²) in [4.78, 5) is 36.4. The highest BCUT2D eigenvalue weighted by atomic mass is 16.5. The number of fused-ring (bicyclic) bond motifs is 1. The molecule has 3 amide bonds. The second kappa shape index (κ2) is 7.46. The molecule has 1 unspecified atom stereocenters. The summed E-state index contributed by atoms with van der Waals surface area (Å²) in [5.74, 6) is -1.32. The molecule has 0 bridgehead atoms. The summed E-state index contributed by atoms with van der Waals surface area (Å²) in [5, 5.41) is 9.31. The summed E-state index contributed by atoms with van der Waals surface area (Å²) in [6, 6.07) is 9.16. The zero-order valence-electron chi connectivity index (χ0n) is 15.6. The molecule has 0 spiro atoms. The number of nitrogens with one attached hydrogen (secondary N) is 2. The highest BCUT2D eigenvalue weighted by Gasteiger charge is 2.30. The number of rotatable bonds is 5. The molecule has 1 aromatic heterocycles. The number of hydrogen-bond acceptors (Lipinski definition) is 5. The van der Waals surface area contributed by atoms with Crippen LogP contribution in [-0.2, 0) is 22.4 Å². The lowest BCUT2D eigenvalue weighted by molar-refractivity contribution is -0.127. The topological polar surface area (TPSA) is 102 Å². The van der Waals surface area contributed by atoms with Crippen molar-refractivity contribution in [1.82, 2.24) is 20.4 Å². The molecular weight excluding hydrogens is 360 g/mol. The Morgan fingerprint density at radius 3 is 2.64 bits per heavy atom. The number of nitrogens with zero attached hydrogens (tertiary/aromatic N) is 2. The first-order valence-corrected chi connectivity index (χ1v) is 9.51. The zero-order chi connectivity index (χ0) is 19.7. The molecule has 1 atom stereocenters. The third-order valence-electron chi connectivity index (χ3n) is 4.93. The van der Waals surface area contributed by atoms with E-state index in [1.165, 1.54) is 6.92 Å². The summed E-state index contributed by atoms with van der Waals surface area (Å²) >= 11 is 0. The van der Waals surface area contributed by atoms with Gasteiger partial charge in [0.05, 0.1) is 5.69 Å². The van der Waals surface area contributed by atoms with Gasteiger partial charge in [0.1, 0.15) is 0 Å². The van der Waals surface area contributed by atoms with Crippen LogP contribution in [0.4, 0.5) is 4.79 Å². The molecule has 4 rings (SSSR count). The molecule has 1 heterocycles. The van der Waals surface area contributed by atoms with E-state index < -0.39 is 24.0 Å². The normalized spacial score (nSPS) is 16.2. The fourth-order valence-corrected chi connectivity index (χ4v) is 3.32. The SMILES string of the molecule is CC(OC(=O)c1nn(-c2ccccc2)c2c1CCC2)C(=O)NC(=O)NC1CC1. The lowest BCUT2D eigenvalue weighted by Gasteiger charge is -2.12. The summed E-state index contributed by atoms with van der Waals surface area (Å²) in [7, 11) is 0. The number of carbonyl (C=O) groups excluding carboxylic acids is 3. The van der Waals surface area contributed by atoms with Crippen LogP contribution >= 0.6 is 0 Å². The summed E-state index contributed by atoms with van der Waals surface area (Å²) in [5.41, 5.74) is 2.98. The number of hydrogen-bond donors (Lipinski definition) is 2. The molecule has 1 aromatic carbocycles. The zero-order valence-corrected chi connectivity index (χ0v) is 15.6. The fraction of sp³-hybridized carbons (Fsp3) is 0.400. The monoisotopic (exact) mass is 382 g/mol. The van der Waals surface area contributed by atoms with Gasteiger partial charge >= 0.3 is 12.0 Å². The van der Waals surface area contributed by atoms with Crippen LogP contribution in [0.15, 0.2) is 30.3 Å². The fourth-order valence-electron chi connectivity index (χ4n) is 3.32. The molecule has 2 aromatic rings. The molecule has 2 aliphatic rings.